The third-order valence-electron chi connectivity index (χ3n) is 3.39. The van der Waals surface area contributed by atoms with Gasteiger partial charge >= 0.3 is 6.09 Å². The van der Waals surface area contributed by atoms with Crippen molar-refractivity contribution in [2.75, 3.05) is 19.6 Å². The molecule has 1 unspecified atom stereocenters. The fraction of sp³-hybridized carbons (Fsp3) is 0.923. The highest BCUT2D eigenvalue weighted by Crippen LogP contribution is 2.25. The maximum Gasteiger partial charge on any atom is 0.410 e. The predicted octanol–water partition coefficient (Wildman–Crippen LogP) is 2.00. The summed E-state index contributed by atoms with van der Waals surface area (Å²) in [6, 6.07) is 0.681. The maximum atomic E-state index is 11.7. The van der Waals surface area contributed by atoms with Gasteiger partial charge in [-0.25, -0.2) is 4.79 Å². The molecule has 1 amide bonds. The van der Waals surface area contributed by atoms with E-state index in [1.807, 2.05) is 25.7 Å². The molecule has 1 N–H and O–H groups in total. The Bertz CT molecular complexity index is 274. The van der Waals surface area contributed by atoms with Crippen LogP contribution in [0.2, 0.25) is 0 Å². The lowest BCUT2D eigenvalue weighted by Gasteiger charge is -2.40. The van der Waals surface area contributed by atoms with Gasteiger partial charge in [-0.15, -0.1) is 0 Å². The fourth-order valence-electron chi connectivity index (χ4n) is 2.55. The maximum absolute atomic E-state index is 11.7. The molecule has 4 heteroatoms. The van der Waals surface area contributed by atoms with Crippen molar-refractivity contribution >= 4 is 6.09 Å². The summed E-state index contributed by atoms with van der Waals surface area (Å²) in [5.74, 6) is 0.665. The van der Waals surface area contributed by atoms with Gasteiger partial charge in [-0.3, -0.25) is 0 Å². The molecule has 2 fully saturated rings. The van der Waals surface area contributed by atoms with E-state index in [1.165, 1.54) is 19.3 Å². The van der Waals surface area contributed by atoms with Crippen LogP contribution in [0.15, 0.2) is 0 Å². The zero-order valence-electron chi connectivity index (χ0n) is 11.2. The van der Waals surface area contributed by atoms with Crippen molar-refractivity contribution in [2.45, 2.75) is 51.7 Å². The van der Waals surface area contributed by atoms with Crippen LogP contribution in [0.4, 0.5) is 4.79 Å². The van der Waals surface area contributed by atoms with Crippen LogP contribution in [-0.2, 0) is 4.74 Å². The Morgan fingerprint density at radius 3 is 2.65 bits per heavy atom. The first kappa shape index (κ1) is 12.7. The number of likely N-dealkylation sites (tertiary alicyclic amines) is 1. The van der Waals surface area contributed by atoms with Gasteiger partial charge in [0.15, 0.2) is 0 Å². The van der Waals surface area contributed by atoms with Gasteiger partial charge in [0.25, 0.3) is 0 Å². The van der Waals surface area contributed by atoms with E-state index in [9.17, 15) is 4.79 Å². The first-order valence-corrected chi connectivity index (χ1v) is 6.65. The van der Waals surface area contributed by atoms with E-state index in [-0.39, 0.29) is 11.7 Å². The van der Waals surface area contributed by atoms with Crippen LogP contribution in [0, 0.1) is 5.92 Å². The van der Waals surface area contributed by atoms with E-state index in [0.717, 1.165) is 19.6 Å². The Balaban J connectivity index is 1.66. The van der Waals surface area contributed by atoms with Crippen molar-refractivity contribution in [2.24, 2.45) is 5.92 Å². The molecular formula is C13H24N2O2. The minimum Gasteiger partial charge on any atom is -0.444 e. The number of amides is 1. The van der Waals surface area contributed by atoms with Gasteiger partial charge in [0.05, 0.1) is 0 Å². The van der Waals surface area contributed by atoms with Gasteiger partial charge < -0.3 is 15.0 Å². The zero-order valence-corrected chi connectivity index (χ0v) is 11.2. The Morgan fingerprint density at radius 1 is 1.41 bits per heavy atom. The first-order valence-electron chi connectivity index (χ1n) is 6.65. The zero-order chi connectivity index (χ0) is 12.5. The highest BCUT2D eigenvalue weighted by molar-refractivity contribution is 5.69. The lowest BCUT2D eigenvalue weighted by molar-refractivity contribution is -0.00327. The van der Waals surface area contributed by atoms with Gasteiger partial charge in [0.2, 0.25) is 0 Å². The molecule has 0 aromatic carbocycles. The summed E-state index contributed by atoms with van der Waals surface area (Å²) in [5, 5.41) is 3.50. The monoisotopic (exact) mass is 240 g/mol. The number of nitrogens with one attached hydrogen (secondary N) is 1. The second-order valence-electron chi connectivity index (χ2n) is 6.28. The van der Waals surface area contributed by atoms with Gasteiger partial charge in [-0.05, 0) is 52.5 Å². The standard InChI is InChI=1S/C13H24N2O2/c1-13(2,3)17-12(16)15-8-10(9-15)7-11-5-4-6-14-11/h10-11,14H,4-9H2,1-3H3. The van der Waals surface area contributed by atoms with Gasteiger partial charge in [-0.1, -0.05) is 0 Å². The molecule has 0 aliphatic carbocycles. The Labute approximate surface area is 104 Å². The molecule has 0 aromatic heterocycles. The molecular weight excluding hydrogens is 216 g/mol. The van der Waals surface area contributed by atoms with E-state index in [1.54, 1.807) is 0 Å². The van der Waals surface area contributed by atoms with Crippen molar-refractivity contribution < 1.29 is 9.53 Å². The molecule has 0 spiro atoms. The molecule has 2 saturated heterocycles. The third kappa shape index (κ3) is 3.60. The number of carbonyl (C=O) groups is 1. The van der Waals surface area contributed by atoms with Crippen LogP contribution in [0.1, 0.15) is 40.0 Å². The lowest BCUT2D eigenvalue weighted by Crippen LogP contribution is -2.52. The van der Waals surface area contributed by atoms with E-state index in [2.05, 4.69) is 5.32 Å². The minimum absolute atomic E-state index is 0.159. The normalized spacial score (nSPS) is 25.8. The van der Waals surface area contributed by atoms with Gasteiger partial charge in [0, 0.05) is 19.1 Å². The number of hydrogen-bond donors (Lipinski definition) is 1. The van der Waals surface area contributed by atoms with Crippen LogP contribution < -0.4 is 5.32 Å². The molecule has 0 radical (unpaired) electrons. The molecule has 2 heterocycles. The number of hydrogen-bond acceptors (Lipinski definition) is 3. The molecule has 0 bridgehead atoms. The topological polar surface area (TPSA) is 41.6 Å². The van der Waals surface area contributed by atoms with Crippen LogP contribution in [0.5, 0.6) is 0 Å². The van der Waals surface area contributed by atoms with Crippen molar-refractivity contribution in [3.05, 3.63) is 0 Å². The number of rotatable bonds is 2. The molecule has 2 rings (SSSR count). The number of carbonyl (C=O) groups excluding carboxylic acids is 1. The van der Waals surface area contributed by atoms with Crippen LogP contribution in [0.3, 0.4) is 0 Å². The molecule has 0 saturated carbocycles. The molecule has 1 atom stereocenters. The summed E-state index contributed by atoms with van der Waals surface area (Å²) < 4.78 is 5.33. The van der Waals surface area contributed by atoms with Crippen molar-refractivity contribution in [3.63, 3.8) is 0 Å². The largest absolute Gasteiger partial charge is 0.444 e. The van der Waals surface area contributed by atoms with E-state index in [4.69, 9.17) is 4.74 Å². The van der Waals surface area contributed by atoms with Gasteiger partial charge in [0.1, 0.15) is 5.60 Å². The summed E-state index contributed by atoms with van der Waals surface area (Å²) in [4.78, 5) is 13.5. The Hall–Kier alpha value is -0.770. The lowest BCUT2D eigenvalue weighted by atomic mass is 9.92. The summed E-state index contributed by atoms with van der Waals surface area (Å²) in [5.41, 5.74) is -0.380. The Morgan fingerprint density at radius 2 is 2.12 bits per heavy atom. The molecule has 17 heavy (non-hydrogen) atoms. The van der Waals surface area contributed by atoms with Crippen molar-refractivity contribution in [1.82, 2.24) is 10.2 Å². The predicted molar refractivity (Wildman–Crippen MR) is 66.9 cm³/mol. The molecule has 98 valence electrons. The molecule has 0 aromatic rings. The van der Waals surface area contributed by atoms with E-state index < -0.39 is 0 Å². The summed E-state index contributed by atoms with van der Waals surface area (Å²) in [7, 11) is 0. The average molecular weight is 240 g/mol. The minimum atomic E-state index is -0.380. The second-order valence-corrected chi connectivity index (χ2v) is 6.28. The molecule has 4 nitrogen and oxygen atoms in total. The van der Waals surface area contributed by atoms with Gasteiger partial charge in [-0.2, -0.15) is 0 Å². The summed E-state index contributed by atoms with van der Waals surface area (Å²) in [6.07, 6.45) is 3.64. The van der Waals surface area contributed by atoms with Crippen molar-refractivity contribution in [3.8, 4) is 0 Å². The highest BCUT2D eigenvalue weighted by atomic mass is 16.6. The molecule has 2 aliphatic heterocycles. The first-order chi connectivity index (χ1) is 7.94. The number of ether oxygens (including phenoxy) is 1. The summed E-state index contributed by atoms with van der Waals surface area (Å²) in [6.45, 7) is 8.62. The van der Waals surface area contributed by atoms with Crippen LogP contribution in [0.25, 0.3) is 0 Å². The smallest absolute Gasteiger partial charge is 0.410 e. The average Bonchev–Trinajstić information content (AvgIpc) is 2.59. The van der Waals surface area contributed by atoms with E-state index >= 15 is 0 Å². The third-order valence-corrected chi connectivity index (χ3v) is 3.39. The van der Waals surface area contributed by atoms with E-state index in [0.29, 0.717) is 12.0 Å². The number of nitrogens with zero attached hydrogens (tertiary/aromatic N) is 1. The molecule has 2 aliphatic rings. The quantitative estimate of drug-likeness (QED) is 0.802. The van der Waals surface area contributed by atoms with Crippen LogP contribution in [-0.4, -0.2) is 42.3 Å². The van der Waals surface area contributed by atoms with Crippen molar-refractivity contribution in [1.29, 1.82) is 0 Å². The second kappa shape index (κ2) is 4.84. The van der Waals surface area contributed by atoms with Crippen LogP contribution >= 0.6 is 0 Å². The highest BCUT2D eigenvalue weighted by Gasteiger charge is 2.35. The summed E-state index contributed by atoms with van der Waals surface area (Å²) >= 11 is 0. The SMILES string of the molecule is CC(C)(C)OC(=O)N1CC(CC2CCCN2)C1. The Kier molecular flexibility index (Phi) is 3.61. The fourth-order valence-corrected chi connectivity index (χ4v) is 2.55.